The fraction of sp³-hybridized carbons (Fsp3) is 0.167. The third kappa shape index (κ3) is 3.76. The molecule has 0 atom stereocenters. The van der Waals surface area contributed by atoms with Gasteiger partial charge in [0.25, 0.3) is 0 Å². The van der Waals surface area contributed by atoms with E-state index >= 15 is 0 Å². The molecule has 26 heavy (non-hydrogen) atoms. The minimum atomic E-state index is -0.927. The zero-order valence-corrected chi connectivity index (χ0v) is 16.2. The maximum Gasteiger partial charge on any atom is 0.339 e. The molecule has 6 nitrogen and oxygen atoms in total. The van der Waals surface area contributed by atoms with Crippen LogP contribution in [0.4, 0.5) is 0 Å². The minimum absolute atomic E-state index is 0.160. The predicted octanol–water partition coefficient (Wildman–Crippen LogP) is 3.96. The Balaban J connectivity index is 1.91. The number of ether oxygens (including phenoxy) is 1. The number of fused-ring (bicyclic) bond motifs is 1. The highest BCUT2D eigenvalue weighted by molar-refractivity contribution is 9.10. The number of aliphatic carboxylic acids is 1. The van der Waals surface area contributed by atoms with Crippen LogP contribution in [0, 0.1) is 0 Å². The van der Waals surface area contributed by atoms with Gasteiger partial charge in [0, 0.05) is 10.2 Å². The van der Waals surface area contributed by atoms with E-state index in [1.54, 1.807) is 16.7 Å². The molecule has 8 heteroatoms. The zero-order valence-electron chi connectivity index (χ0n) is 13.8. The van der Waals surface area contributed by atoms with Crippen LogP contribution in [0.15, 0.2) is 52.1 Å². The fourth-order valence-corrected chi connectivity index (χ4v) is 4.31. The van der Waals surface area contributed by atoms with Crippen LogP contribution in [0.25, 0.3) is 11.0 Å². The Morgan fingerprint density at radius 2 is 2.00 bits per heavy atom. The summed E-state index contributed by atoms with van der Waals surface area (Å²) in [6.45, 7) is -0.160. The van der Waals surface area contributed by atoms with Gasteiger partial charge in [-0.05, 0) is 39.7 Å². The third-order valence-electron chi connectivity index (χ3n) is 3.75. The van der Waals surface area contributed by atoms with Crippen molar-refractivity contribution in [3.05, 3.63) is 58.1 Å². The van der Waals surface area contributed by atoms with Gasteiger partial charge in [-0.15, -0.1) is 0 Å². The number of carboxylic acid groups (broad SMARTS) is 1. The average molecular weight is 435 g/mol. The van der Waals surface area contributed by atoms with Crippen molar-refractivity contribution in [1.82, 2.24) is 9.55 Å². The van der Waals surface area contributed by atoms with E-state index in [-0.39, 0.29) is 6.54 Å². The molecular formula is C18H15BrN2O4S. The van der Waals surface area contributed by atoms with Gasteiger partial charge in [-0.25, -0.2) is 9.78 Å². The smallest absolute Gasteiger partial charge is 0.339 e. The van der Waals surface area contributed by atoms with E-state index in [0.29, 0.717) is 20.9 Å². The van der Waals surface area contributed by atoms with Crippen molar-refractivity contribution in [3.63, 3.8) is 0 Å². The van der Waals surface area contributed by atoms with Crippen LogP contribution < -0.4 is 0 Å². The summed E-state index contributed by atoms with van der Waals surface area (Å²) in [4.78, 5) is 27.6. The number of carboxylic acids is 1. The van der Waals surface area contributed by atoms with E-state index in [2.05, 4.69) is 20.9 Å². The molecular weight excluding hydrogens is 420 g/mol. The molecule has 0 saturated carbocycles. The van der Waals surface area contributed by atoms with Gasteiger partial charge in [0.1, 0.15) is 6.54 Å². The summed E-state index contributed by atoms with van der Waals surface area (Å²) in [5.41, 5.74) is 2.87. The van der Waals surface area contributed by atoms with Gasteiger partial charge in [-0.3, -0.25) is 4.79 Å². The van der Waals surface area contributed by atoms with E-state index in [4.69, 9.17) is 4.74 Å². The lowest BCUT2D eigenvalue weighted by Gasteiger charge is -2.09. The number of imidazole rings is 1. The number of hydrogen-bond donors (Lipinski definition) is 1. The van der Waals surface area contributed by atoms with Gasteiger partial charge < -0.3 is 14.4 Å². The maximum absolute atomic E-state index is 11.8. The van der Waals surface area contributed by atoms with Gasteiger partial charge >= 0.3 is 11.9 Å². The summed E-state index contributed by atoms with van der Waals surface area (Å²) in [5.74, 6) is -0.820. The molecule has 0 saturated heterocycles. The van der Waals surface area contributed by atoms with Crippen molar-refractivity contribution in [2.24, 2.45) is 0 Å². The van der Waals surface area contributed by atoms with Crippen LogP contribution in [0.5, 0.6) is 0 Å². The summed E-state index contributed by atoms with van der Waals surface area (Å²) in [6, 6.07) is 12.8. The molecule has 1 heterocycles. The van der Waals surface area contributed by atoms with E-state index in [9.17, 15) is 14.7 Å². The maximum atomic E-state index is 11.8. The first-order valence-electron chi connectivity index (χ1n) is 7.67. The van der Waals surface area contributed by atoms with Crippen molar-refractivity contribution in [2.45, 2.75) is 17.5 Å². The molecule has 3 aromatic rings. The SMILES string of the molecule is COC(=O)c1cccc(CSc2nc3ccccc3n2CC(=O)O)c1Br. The van der Waals surface area contributed by atoms with Crippen LogP contribution >= 0.6 is 27.7 Å². The Morgan fingerprint density at radius 1 is 1.23 bits per heavy atom. The molecule has 3 rings (SSSR count). The van der Waals surface area contributed by atoms with E-state index < -0.39 is 11.9 Å². The van der Waals surface area contributed by atoms with Crippen LogP contribution in [-0.2, 0) is 21.8 Å². The highest BCUT2D eigenvalue weighted by Gasteiger charge is 2.16. The molecule has 0 fully saturated rings. The number of nitrogens with zero attached hydrogens (tertiary/aromatic N) is 2. The second-order valence-corrected chi connectivity index (χ2v) is 7.16. The number of methoxy groups -OCH3 is 1. The largest absolute Gasteiger partial charge is 0.480 e. The van der Waals surface area contributed by atoms with Crippen LogP contribution in [-0.4, -0.2) is 33.7 Å². The number of carbonyl (C=O) groups is 2. The molecule has 134 valence electrons. The second kappa shape index (κ2) is 7.92. The molecule has 0 unspecified atom stereocenters. The number of hydrogen-bond acceptors (Lipinski definition) is 5. The normalized spacial score (nSPS) is 10.8. The second-order valence-electron chi connectivity index (χ2n) is 5.42. The molecule has 0 aliphatic heterocycles. The Kier molecular flexibility index (Phi) is 5.63. The molecule has 0 aliphatic rings. The number of benzene rings is 2. The van der Waals surface area contributed by atoms with E-state index in [1.807, 2.05) is 30.3 Å². The van der Waals surface area contributed by atoms with E-state index in [0.717, 1.165) is 16.6 Å². The molecule has 0 spiro atoms. The summed E-state index contributed by atoms with van der Waals surface area (Å²) >= 11 is 4.87. The van der Waals surface area contributed by atoms with Crippen molar-refractivity contribution < 1.29 is 19.4 Å². The highest BCUT2D eigenvalue weighted by Crippen LogP contribution is 2.31. The van der Waals surface area contributed by atoms with Gasteiger partial charge in [0.2, 0.25) is 0 Å². The standard InChI is InChI=1S/C18H15BrN2O4S/c1-25-17(24)12-6-4-5-11(16(12)19)10-26-18-20-13-7-2-3-8-14(13)21(18)9-15(22)23/h2-8H,9-10H2,1H3,(H,22,23). The summed E-state index contributed by atoms with van der Waals surface area (Å²) in [7, 11) is 1.34. The number of rotatable bonds is 6. The number of para-hydroxylation sites is 2. The predicted molar refractivity (Wildman–Crippen MR) is 102 cm³/mol. The van der Waals surface area contributed by atoms with Crippen molar-refractivity contribution >= 4 is 50.7 Å². The Hall–Kier alpha value is -2.32. The topological polar surface area (TPSA) is 81.4 Å². The summed E-state index contributed by atoms with van der Waals surface area (Å²) in [5, 5.41) is 9.82. The molecule has 0 aliphatic carbocycles. The molecule has 0 bridgehead atoms. The third-order valence-corrected chi connectivity index (χ3v) is 5.72. The lowest BCUT2D eigenvalue weighted by atomic mass is 10.1. The molecule has 2 aromatic carbocycles. The fourth-order valence-electron chi connectivity index (χ4n) is 2.55. The first-order chi connectivity index (χ1) is 12.5. The van der Waals surface area contributed by atoms with E-state index in [1.165, 1.54) is 18.9 Å². The van der Waals surface area contributed by atoms with Crippen LogP contribution in [0.3, 0.4) is 0 Å². The zero-order chi connectivity index (χ0) is 18.7. The summed E-state index contributed by atoms with van der Waals surface area (Å²) in [6.07, 6.45) is 0. The Bertz CT molecular complexity index is 986. The van der Waals surface area contributed by atoms with Gasteiger partial charge in [0.05, 0.1) is 23.7 Å². The Morgan fingerprint density at radius 3 is 2.73 bits per heavy atom. The molecule has 1 N–H and O–H groups in total. The molecule has 0 radical (unpaired) electrons. The number of carbonyl (C=O) groups excluding carboxylic acids is 1. The van der Waals surface area contributed by atoms with Crippen LogP contribution in [0.2, 0.25) is 0 Å². The Labute approximate surface area is 162 Å². The first kappa shape index (κ1) is 18.5. The number of halogens is 1. The average Bonchev–Trinajstić information content (AvgIpc) is 2.97. The highest BCUT2D eigenvalue weighted by atomic mass is 79.9. The van der Waals surface area contributed by atoms with Gasteiger partial charge in [-0.2, -0.15) is 0 Å². The lowest BCUT2D eigenvalue weighted by molar-refractivity contribution is -0.137. The molecule has 0 amide bonds. The van der Waals surface area contributed by atoms with Gasteiger partial charge in [-0.1, -0.05) is 36.0 Å². The minimum Gasteiger partial charge on any atom is -0.480 e. The monoisotopic (exact) mass is 434 g/mol. The number of thioether (sulfide) groups is 1. The van der Waals surface area contributed by atoms with Crippen molar-refractivity contribution in [3.8, 4) is 0 Å². The van der Waals surface area contributed by atoms with Crippen LogP contribution in [0.1, 0.15) is 15.9 Å². The molecule has 1 aromatic heterocycles. The number of esters is 1. The quantitative estimate of drug-likeness (QED) is 0.466. The van der Waals surface area contributed by atoms with Gasteiger partial charge in [0.15, 0.2) is 5.16 Å². The van der Waals surface area contributed by atoms with Crippen molar-refractivity contribution in [1.29, 1.82) is 0 Å². The summed E-state index contributed by atoms with van der Waals surface area (Å²) < 4.78 is 7.13. The first-order valence-corrected chi connectivity index (χ1v) is 9.44. The lowest BCUT2D eigenvalue weighted by Crippen LogP contribution is -2.09. The van der Waals surface area contributed by atoms with Crippen molar-refractivity contribution in [2.75, 3.05) is 7.11 Å². The number of aromatic nitrogens is 2.